The van der Waals surface area contributed by atoms with Gasteiger partial charge in [-0.2, -0.15) is 4.31 Å². The summed E-state index contributed by atoms with van der Waals surface area (Å²) in [4.78, 5) is 12.5. The summed E-state index contributed by atoms with van der Waals surface area (Å²) < 4.78 is 26.5. The number of sulfonamides is 1. The molecule has 146 valence electrons. The molecule has 1 atom stereocenters. The lowest BCUT2D eigenvalue weighted by atomic mass is 10.1. The number of aryl methyl sites for hydroxylation is 1. The average Bonchev–Trinajstić information content (AvgIpc) is 2.64. The Morgan fingerprint density at radius 2 is 1.56 bits per heavy atom. The van der Waals surface area contributed by atoms with Crippen LogP contribution >= 0.6 is 0 Å². The first-order valence-corrected chi connectivity index (χ1v) is 10.7. The smallest absolute Gasteiger partial charge is 0.243 e. The van der Waals surface area contributed by atoms with Crippen molar-refractivity contribution in [2.24, 2.45) is 0 Å². The van der Waals surface area contributed by atoms with Crippen LogP contribution in [0.5, 0.6) is 0 Å². The first-order valence-electron chi connectivity index (χ1n) is 9.23. The molecule has 2 aromatic rings. The number of benzene rings is 2. The SMILES string of the molecule is CCN(CC)S(=O)(=O)c1ccc([C@H](C)NC(=O)Cc2ccc(C)cc2)cc1. The largest absolute Gasteiger partial charge is 0.349 e. The number of hydrogen-bond donors (Lipinski definition) is 1. The molecule has 0 heterocycles. The fourth-order valence-electron chi connectivity index (χ4n) is 2.91. The van der Waals surface area contributed by atoms with E-state index in [1.807, 2.05) is 52.0 Å². The van der Waals surface area contributed by atoms with Crippen LogP contribution in [0.4, 0.5) is 0 Å². The van der Waals surface area contributed by atoms with Gasteiger partial charge in [-0.05, 0) is 37.1 Å². The molecular weight excluding hydrogens is 360 g/mol. The second kappa shape index (κ2) is 9.15. The zero-order chi connectivity index (χ0) is 20.0. The van der Waals surface area contributed by atoms with Crippen LogP contribution in [-0.4, -0.2) is 31.7 Å². The lowest BCUT2D eigenvalue weighted by Gasteiger charge is -2.19. The standard InChI is InChI=1S/C21H28N2O3S/c1-5-23(6-2)27(25,26)20-13-11-19(12-14-20)17(4)22-21(24)15-18-9-7-16(3)8-10-18/h7-14,17H,5-6,15H2,1-4H3,(H,22,24)/t17-/m0/s1. The number of hydrogen-bond acceptors (Lipinski definition) is 3. The van der Waals surface area contributed by atoms with Crippen molar-refractivity contribution < 1.29 is 13.2 Å². The zero-order valence-corrected chi connectivity index (χ0v) is 17.2. The van der Waals surface area contributed by atoms with Gasteiger partial charge >= 0.3 is 0 Å². The van der Waals surface area contributed by atoms with Crippen LogP contribution in [0.3, 0.4) is 0 Å². The van der Waals surface area contributed by atoms with Crippen LogP contribution in [-0.2, 0) is 21.2 Å². The summed E-state index contributed by atoms with van der Waals surface area (Å²) in [5, 5.41) is 2.96. The Morgan fingerprint density at radius 1 is 1.00 bits per heavy atom. The minimum Gasteiger partial charge on any atom is -0.349 e. The Hall–Kier alpha value is -2.18. The molecule has 0 aliphatic rings. The molecule has 0 aliphatic heterocycles. The molecule has 0 radical (unpaired) electrons. The van der Waals surface area contributed by atoms with E-state index >= 15 is 0 Å². The van der Waals surface area contributed by atoms with E-state index < -0.39 is 10.0 Å². The highest BCUT2D eigenvalue weighted by Crippen LogP contribution is 2.19. The maximum Gasteiger partial charge on any atom is 0.243 e. The molecule has 2 aromatic carbocycles. The Labute approximate surface area is 162 Å². The van der Waals surface area contributed by atoms with Gasteiger partial charge in [0, 0.05) is 13.1 Å². The molecule has 0 aliphatic carbocycles. The van der Waals surface area contributed by atoms with Crippen molar-refractivity contribution in [3.8, 4) is 0 Å². The number of nitrogens with zero attached hydrogens (tertiary/aromatic N) is 1. The van der Waals surface area contributed by atoms with Gasteiger partial charge in [-0.3, -0.25) is 4.79 Å². The predicted molar refractivity (Wildman–Crippen MR) is 108 cm³/mol. The van der Waals surface area contributed by atoms with Gasteiger partial charge < -0.3 is 5.32 Å². The summed E-state index contributed by atoms with van der Waals surface area (Å²) in [6.07, 6.45) is 0.318. The number of carbonyl (C=O) groups excluding carboxylic acids is 1. The van der Waals surface area contributed by atoms with Crippen LogP contribution in [0.2, 0.25) is 0 Å². The molecule has 1 N–H and O–H groups in total. The van der Waals surface area contributed by atoms with Gasteiger partial charge in [0.05, 0.1) is 17.4 Å². The second-order valence-corrected chi connectivity index (χ2v) is 8.55. The lowest BCUT2D eigenvalue weighted by Crippen LogP contribution is -2.30. The van der Waals surface area contributed by atoms with Crippen molar-refractivity contribution in [2.75, 3.05) is 13.1 Å². The van der Waals surface area contributed by atoms with E-state index in [9.17, 15) is 13.2 Å². The molecule has 27 heavy (non-hydrogen) atoms. The molecule has 0 saturated carbocycles. The molecule has 0 spiro atoms. The first-order chi connectivity index (χ1) is 12.8. The highest BCUT2D eigenvalue weighted by Gasteiger charge is 2.21. The van der Waals surface area contributed by atoms with Crippen LogP contribution in [0.1, 0.15) is 43.5 Å². The average molecular weight is 389 g/mol. The number of rotatable bonds is 8. The minimum atomic E-state index is -3.46. The van der Waals surface area contributed by atoms with Gasteiger partial charge in [-0.15, -0.1) is 0 Å². The minimum absolute atomic E-state index is 0.0637. The second-order valence-electron chi connectivity index (χ2n) is 6.61. The Balaban J connectivity index is 2.03. The van der Waals surface area contributed by atoms with E-state index in [2.05, 4.69) is 5.32 Å². The third-order valence-electron chi connectivity index (χ3n) is 4.59. The first kappa shape index (κ1) is 21.1. The van der Waals surface area contributed by atoms with Gasteiger partial charge in [-0.25, -0.2) is 8.42 Å². The summed E-state index contributed by atoms with van der Waals surface area (Å²) in [6, 6.07) is 14.4. The molecule has 1 amide bonds. The molecule has 0 aromatic heterocycles. The quantitative estimate of drug-likeness (QED) is 0.753. The molecule has 0 saturated heterocycles. The van der Waals surface area contributed by atoms with Gasteiger partial charge in [0.1, 0.15) is 0 Å². The van der Waals surface area contributed by atoms with E-state index in [1.54, 1.807) is 24.3 Å². The van der Waals surface area contributed by atoms with Crippen molar-refractivity contribution in [1.29, 1.82) is 0 Å². The molecule has 0 unspecified atom stereocenters. The van der Waals surface area contributed by atoms with Gasteiger partial charge in [0.25, 0.3) is 0 Å². The van der Waals surface area contributed by atoms with E-state index in [0.29, 0.717) is 19.5 Å². The lowest BCUT2D eigenvalue weighted by molar-refractivity contribution is -0.121. The topological polar surface area (TPSA) is 66.5 Å². The number of carbonyl (C=O) groups is 1. The van der Waals surface area contributed by atoms with E-state index in [0.717, 1.165) is 16.7 Å². The van der Waals surface area contributed by atoms with Crippen molar-refractivity contribution in [1.82, 2.24) is 9.62 Å². The van der Waals surface area contributed by atoms with Crippen LogP contribution < -0.4 is 5.32 Å². The van der Waals surface area contributed by atoms with Gasteiger partial charge in [-0.1, -0.05) is 55.8 Å². The number of nitrogens with one attached hydrogen (secondary N) is 1. The fourth-order valence-corrected chi connectivity index (χ4v) is 4.37. The summed E-state index contributed by atoms with van der Waals surface area (Å²) >= 11 is 0. The summed E-state index contributed by atoms with van der Waals surface area (Å²) in [5.41, 5.74) is 2.99. The van der Waals surface area contributed by atoms with Gasteiger partial charge in [0.15, 0.2) is 0 Å². The monoisotopic (exact) mass is 388 g/mol. The van der Waals surface area contributed by atoms with Crippen molar-refractivity contribution >= 4 is 15.9 Å². The summed E-state index contributed by atoms with van der Waals surface area (Å²) in [6.45, 7) is 8.41. The normalized spacial score (nSPS) is 12.8. The number of amides is 1. The summed E-state index contributed by atoms with van der Waals surface area (Å²) in [5.74, 6) is -0.0637. The summed E-state index contributed by atoms with van der Waals surface area (Å²) in [7, 11) is -3.46. The van der Waals surface area contributed by atoms with Crippen molar-refractivity contribution in [3.63, 3.8) is 0 Å². The van der Waals surface area contributed by atoms with Crippen LogP contribution in [0.15, 0.2) is 53.4 Å². The predicted octanol–water partition coefficient (Wildman–Crippen LogP) is 3.45. The molecular formula is C21H28N2O3S. The Morgan fingerprint density at radius 3 is 2.07 bits per heavy atom. The van der Waals surface area contributed by atoms with Crippen LogP contribution in [0.25, 0.3) is 0 Å². The zero-order valence-electron chi connectivity index (χ0n) is 16.4. The van der Waals surface area contributed by atoms with E-state index in [1.165, 1.54) is 4.31 Å². The third kappa shape index (κ3) is 5.40. The van der Waals surface area contributed by atoms with Crippen molar-refractivity contribution in [2.45, 2.75) is 45.1 Å². The van der Waals surface area contributed by atoms with Crippen molar-refractivity contribution in [3.05, 3.63) is 65.2 Å². The maximum atomic E-state index is 12.5. The van der Waals surface area contributed by atoms with Crippen LogP contribution in [0, 0.1) is 6.92 Å². The molecule has 6 heteroatoms. The van der Waals surface area contributed by atoms with E-state index in [4.69, 9.17) is 0 Å². The highest BCUT2D eigenvalue weighted by molar-refractivity contribution is 7.89. The highest BCUT2D eigenvalue weighted by atomic mass is 32.2. The molecule has 5 nitrogen and oxygen atoms in total. The Kier molecular flexibility index (Phi) is 7.16. The Bertz CT molecular complexity index is 855. The molecule has 2 rings (SSSR count). The maximum absolute atomic E-state index is 12.5. The van der Waals surface area contributed by atoms with Gasteiger partial charge in [0.2, 0.25) is 15.9 Å². The molecule has 0 bridgehead atoms. The fraction of sp³-hybridized carbons (Fsp3) is 0.381. The van der Waals surface area contributed by atoms with E-state index in [-0.39, 0.29) is 16.8 Å². The third-order valence-corrected chi connectivity index (χ3v) is 6.65. The molecule has 0 fully saturated rings.